The molecule has 0 aliphatic carbocycles. The molecule has 0 bridgehead atoms. The van der Waals surface area contributed by atoms with Gasteiger partial charge in [-0.2, -0.15) is 0 Å². The first-order valence-corrected chi connectivity index (χ1v) is 6.55. The van der Waals surface area contributed by atoms with Crippen molar-refractivity contribution in [2.24, 2.45) is 0 Å². The number of hydrogen-bond donors (Lipinski definition) is 2. The van der Waals surface area contributed by atoms with Crippen molar-refractivity contribution in [3.05, 3.63) is 34.6 Å². The summed E-state index contributed by atoms with van der Waals surface area (Å²) >= 11 is 5.93. The molecule has 20 heavy (non-hydrogen) atoms. The standard InChI is InChI=1S/C13H15ClFN3O2/c1-18(7-8-9(14)3-2-4-10(8)15)13(20)11-5-17-12(19)6-16-11/h2-4,11,16H,5-7H2,1H3,(H,17,19). The Kier molecular flexibility index (Phi) is 4.57. The highest BCUT2D eigenvalue weighted by Crippen LogP contribution is 2.20. The van der Waals surface area contributed by atoms with E-state index in [1.54, 1.807) is 13.1 Å². The molecule has 0 aromatic heterocycles. The van der Waals surface area contributed by atoms with Crippen molar-refractivity contribution < 1.29 is 14.0 Å². The van der Waals surface area contributed by atoms with Gasteiger partial charge >= 0.3 is 0 Å². The number of halogens is 2. The summed E-state index contributed by atoms with van der Waals surface area (Å²) in [5.41, 5.74) is 0.282. The van der Waals surface area contributed by atoms with E-state index in [2.05, 4.69) is 10.6 Å². The van der Waals surface area contributed by atoms with E-state index in [0.717, 1.165) is 0 Å². The summed E-state index contributed by atoms with van der Waals surface area (Å²) < 4.78 is 13.7. The molecule has 2 amide bonds. The van der Waals surface area contributed by atoms with E-state index in [1.807, 2.05) is 0 Å². The minimum Gasteiger partial charge on any atom is -0.353 e. The predicted octanol–water partition coefficient (Wildman–Crippen LogP) is 0.525. The number of hydrogen-bond acceptors (Lipinski definition) is 3. The van der Waals surface area contributed by atoms with Gasteiger partial charge in [-0.05, 0) is 12.1 Å². The monoisotopic (exact) mass is 299 g/mol. The van der Waals surface area contributed by atoms with E-state index < -0.39 is 11.9 Å². The molecule has 1 aliphatic rings. The number of amides is 2. The lowest BCUT2D eigenvalue weighted by Gasteiger charge is -2.28. The lowest BCUT2D eigenvalue weighted by Crippen LogP contribution is -2.58. The van der Waals surface area contributed by atoms with Crippen LogP contribution in [0.15, 0.2) is 18.2 Å². The molecule has 1 saturated heterocycles. The van der Waals surface area contributed by atoms with Crippen LogP contribution in [-0.2, 0) is 16.1 Å². The van der Waals surface area contributed by atoms with E-state index in [9.17, 15) is 14.0 Å². The molecule has 1 atom stereocenters. The molecule has 7 heteroatoms. The highest BCUT2D eigenvalue weighted by Gasteiger charge is 2.26. The normalized spacial score (nSPS) is 18.6. The smallest absolute Gasteiger partial charge is 0.241 e. The second-order valence-corrected chi connectivity index (χ2v) is 5.04. The van der Waals surface area contributed by atoms with Crippen LogP contribution < -0.4 is 10.6 Å². The van der Waals surface area contributed by atoms with E-state index in [4.69, 9.17) is 11.6 Å². The number of rotatable bonds is 3. The number of carbonyl (C=O) groups excluding carboxylic acids is 2. The molecule has 0 radical (unpaired) electrons. The van der Waals surface area contributed by atoms with Crippen LogP contribution in [0.4, 0.5) is 4.39 Å². The Hall–Kier alpha value is -1.66. The second kappa shape index (κ2) is 6.19. The van der Waals surface area contributed by atoms with Crippen LogP contribution in [0.25, 0.3) is 0 Å². The number of piperazine rings is 1. The first kappa shape index (κ1) is 14.7. The largest absolute Gasteiger partial charge is 0.353 e. The van der Waals surface area contributed by atoms with E-state index in [-0.39, 0.29) is 42.0 Å². The van der Waals surface area contributed by atoms with Crippen molar-refractivity contribution in [3.8, 4) is 0 Å². The Labute approximate surface area is 121 Å². The highest BCUT2D eigenvalue weighted by atomic mass is 35.5. The summed E-state index contributed by atoms with van der Waals surface area (Å²) in [5.74, 6) is -0.805. The number of nitrogens with zero attached hydrogens (tertiary/aromatic N) is 1. The first-order chi connectivity index (χ1) is 9.49. The fraction of sp³-hybridized carbons (Fsp3) is 0.385. The number of carbonyl (C=O) groups is 2. The SMILES string of the molecule is CN(Cc1c(F)cccc1Cl)C(=O)C1CNC(=O)CN1. The van der Waals surface area contributed by atoms with Crippen molar-refractivity contribution in [1.82, 2.24) is 15.5 Å². The number of likely N-dealkylation sites (N-methyl/N-ethyl adjacent to an activating group) is 1. The minimum atomic E-state index is -0.497. The summed E-state index contributed by atoms with van der Waals surface area (Å²) in [5, 5.41) is 5.73. The van der Waals surface area contributed by atoms with Crippen molar-refractivity contribution in [2.75, 3.05) is 20.1 Å². The average molecular weight is 300 g/mol. The predicted molar refractivity (Wildman–Crippen MR) is 72.7 cm³/mol. The third kappa shape index (κ3) is 3.26. The van der Waals surface area contributed by atoms with Crippen LogP contribution >= 0.6 is 11.6 Å². The maximum atomic E-state index is 13.7. The third-order valence-electron chi connectivity index (χ3n) is 3.14. The van der Waals surface area contributed by atoms with Crippen molar-refractivity contribution in [2.45, 2.75) is 12.6 Å². The molecule has 0 saturated carbocycles. The van der Waals surface area contributed by atoms with Crippen LogP contribution in [0.5, 0.6) is 0 Å². The summed E-state index contributed by atoms with van der Waals surface area (Å²) in [4.78, 5) is 24.6. The molecule has 1 unspecified atom stereocenters. The van der Waals surface area contributed by atoms with Crippen molar-refractivity contribution >= 4 is 23.4 Å². The summed E-state index contributed by atoms with van der Waals surface area (Å²) in [6.07, 6.45) is 0. The quantitative estimate of drug-likeness (QED) is 0.856. The second-order valence-electron chi connectivity index (χ2n) is 4.63. The van der Waals surface area contributed by atoms with Gasteiger partial charge in [-0.3, -0.25) is 14.9 Å². The molecule has 1 heterocycles. The Bertz CT molecular complexity index is 508. The zero-order valence-electron chi connectivity index (χ0n) is 11.0. The molecule has 1 aromatic rings. The van der Waals surface area contributed by atoms with Crippen LogP contribution in [0.3, 0.4) is 0 Å². The first-order valence-electron chi connectivity index (χ1n) is 6.17. The van der Waals surface area contributed by atoms with Crippen LogP contribution in [0.2, 0.25) is 5.02 Å². The molecule has 5 nitrogen and oxygen atoms in total. The molecule has 1 fully saturated rings. The molecule has 2 rings (SSSR count). The summed E-state index contributed by atoms with van der Waals surface area (Å²) in [6.45, 7) is 0.411. The Morgan fingerprint density at radius 1 is 1.55 bits per heavy atom. The molecule has 0 spiro atoms. The molecular formula is C13H15ClFN3O2. The van der Waals surface area contributed by atoms with Crippen molar-refractivity contribution in [3.63, 3.8) is 0 Å². The zero-order valence-corrected chi connectivity index (χ0v) is 11.7. The van der Waals surface area contributed by atoms with Gasteiger partial charge in [0.1, 0.15) is 11.9 Å². The maximum Gasteiger partial charge on any atom is 0.241 e. The van der Waals surface area contributed by atoms with E-state index >= 15 is 0 Å². The van der Waals surface area contributed by atoms with Gasteiger partial charge in [0.2, 0.25) is 11.8 Å². The van der Waals surface area contributed by atoms with E-state index in [0.29, 0.717) is 0 Å². The Morgan fingerprint density at radius 3 is 2.90 bits per heavy atom. The fourth-order valence-corrected chi connectivity index (χ4v) is 2.23. The summed E-state index contributed by atoms with van der Waals surface area (Å²) in [7, 11) is 1.57. The van der Waals surface area contributed by atoms with Gasteiger partial charge in [0.15, 0.2) is 0 Å². The average Bonchev–Trinajstić information content (AvgIpc) is 2.43. The van der Waals surface area contributed by atoms with Crippen LogP contribution in [0.1, 0.15) is 5.56 Å². The maximum absolute atomic E-state index is 13.7. The van der Waals surface area contributed by atoms with Gasteiger partial charge in [0, 0.05) is 30.7 Å². The van der Waals surface area contributed by atoms with Gasteiger partial charge in [0.05, 0.1) is 6.54 Å². The fourth-order valence-electron chi connectivity index (χ4n) is 2.01. The zero-order chi connectivity index (χ0) is 14.7. The van der Waals surface area contributed by atoms with Gasteiger partial charge in [-0.1, -0.05) is 17.7 Å². The Balaban J connectivity index is 2.02. The van der Waals surface area contributed by atoms with Crippen molar-refractivity contribution in [1.29, 1.82) is 0 Å². The highest BCUT2D eigenvalue weighted by molar-refractivity contribution is 6.31. The van der Waals surface area contributed by atoms with Gasteiger partial charge in [-0.25, -0.2) is 4.39 Å². The number of nitrogens with one attached hydrogen (secondary N) is 2. The minimum absolute atomic E-state index is 0.0798. The molecule has 108 valence electrons. The number of benzene rings is 1. The van der Waals surface area contributed by atoms with Gasteiger partial charge in [0.25, 0.3) is 0 Å². The molecule has 1 aromatic carbocycles. The molecule has 2 N–H and O–H groups in total. The summed E-state index contributed by atoms with van der Waals surface area (Å²) in [6, 6.07) is 3.90. The van der Waals surface area contributed by atoms with Gasteiger partial charge in [-0.15, -0.1) is 0 Å². The molecule has 1 aliphatic heterocycles. The van der Waals surface area contributed by atoms with Gasteiger partial charge < -0.3 is 10.2 Å². The molecular weight excluding hydrogens is 285 g/mol. The topological polar surface area (TPSA) is 61.4 Å². The van der Waals surface area contributed by atoms with E-state index in [1.165, 1.54) is 17.0 Å². The van der Waals surface area contributed by atoms with Crippen LogP contribution in [-0.4, -0.2) is 42.9 Å². The Morgan fingerprint density at radius 2 is 2.30 bits per heavy atom. The van der Waals surface area contributed by atoms with Crippen LogP contribution in [0, 0.1) is 5.82 Å². The lowest BCUT2D eigenvalue weighted by molar-refractivity contribution is -0.134. The third-order valence-corrected chi connectivity index (χ3v) is 3.50. The lowest BCUT2D eigenvalue weighted by atomic mass is 10.1.